The molecule has 4 heteroatoms. The number of rotatable bonds is 3. The first-order valence-corrected chi connectivity index (χ1v) is 5.54. The lowest BCUT2D eigenvalue weighted by Gasteiger charge is -2.13. The van der Waals surface area contributed by atoms with Crippen LogP contribution in [0.2, 0.25) is 0 Å². The summed E-state index contributed by atoms with van der Waals surface area (Å²) < 4.78 is 5.62. The third-order valence-electron chi connectivity index (χ3n) is 2.58. The summed E-state index contributed by atoms with van der Waals surface area (Å²) >= 11 is 0. The number of carbonyl (C=O) groups is 1. The molecular weight excluding hydrogens is 216 g/mol. The molecule has 1 aliphatic rings. The van der Waals surface area contributed by atoms with Crippen molar-refractivity contribution < 1.29 is 9.53 Å². The maximum atomic E-state index is 11.9. The molecule has 1 aromatic rings. The Kier molecular flexibility index (Phi) is 3.01. The topological polar surface area (TPSA) is 53.3 Å². The number of ether oxygens (including phenoxy) is 1. The van der Waals surface area contributed by atoms with Gasteiger partial charge in [-0.2, -0.15) is 5.26 Å². The molecule has 0 radical (unpaired) electrons. The fraction of sp³-hybridized carbons (Fsp3) is 0.385. The standard InChI is InChI=1S/C13H14N2O2/c1-15(2)13(16)12-7-11(17-10-5-6-10)4-3-9(12)8-14/h3-4,7,10H,5-6H2,1-2H3. The van der Waals surface area contributed by atoms with E-state index in [1.165, 1.54) is 4.90 Å². The Bertz CT molecular complexity index is 485. The molecule has 1 aromatic carbocycles. The zero-order valence-corrected chi connectivity index (χ0v) is 9.93. The van der Waals surface area contributed by atoms with E-state index in [1.54, 1.807) is 32.3 Å². The van der Waals surface area contributed by atoms with Crippen molar-refractivity contribution in [2.24, 2.45) is 0 Å². The normalized spacial score (nSPS) is 13.9. The SMILES string of the molecule is CN(C)C(=O)c1cc(OC2CC2)ccc1C#N. The van der Waals surface area contributed by atoms with Crippen molar-refractivity contribution in [3.63, 3.8) is 0 Å². The van der Waals surface area contributed by atoms with Gasteiger partial charge in [0.15, 0.2) is 0 Å². The van der Waals surface area contributed by atoms with Gasteiger partial charge >= 0.3 is 0 Å². The van der Waals surface area contributed by atoms with Crippen molar-refractivity contribution >= 4 is 5.91 Å². The molecule has 0 saturated heterocycles. The second kappa shape index (κ2) is 4.46. The van der Waals surface area contributed by atoms with Crippen LogP contribution in [-0.2, 0) is 0 Å². The van der Waals surface area contributed by atoms with Gasteiger partial charge in [0.05, 0.1) is 23.3 Å². The van der Waals surface area contributed by atoms with E-state index in [2.05, 4.69) is 0 Å². The largest absolute Gasteiger partial charge is 0.490 e. The van der Waals surface area contributed by atoms with Gasteiger partial charge in [0.2, 0.25) is 0 Å². The third kappa shape index (κ3) is 2.56. The van der Waals surface area contributed by atoms with Gasteiger partial charge in [-0.15, -0.1) is 0 Å². The summed E-state index contributed by atoms with van der Waals surface area (Å²) in [6, 6.07) is 7.05. The molecular formula is C13H14N2O2. The summed E-state index contributed by atoms with van der Waals surface area (Å²) in [7, 11) is 3.33. The highest BCUT2D eigenvalue weighted by atomic mass is 16.5. The summed E-state index contributed by atoms with van der Waals surface area (Å²) in [6.45, 7) is 0. The number of carbonyl (C=O) groups excluding carboxylic acids is 1. The Morgan fingerprint density at radius 1 is 1.47 bits per heavy atom. The molecule has 2 rings (SSSR count). The number of hydrogen-bond acceptors (Lipinski definition) is 3. The van der Waals surface area contributed by atoms with Crippen LogP contribution in [0.25, 0.3) is 0 Å². The molecule has 0 bridgehead atoms. The molecule has 0 heterocycles. The monoisotopic (exact) mass is 230 g/mol. The number of nitriles is 1. The summed E-state index contributed by atoms with van der Waals surface area (Å²) in [5.41, 5.74) is 0.780. The Labute approximate surface area is 100 Å². The van der Waals surface area contributed by atoms with Crippen LogP contribution in [0.15, 0.2) is 18.2 Å². The second-order valence-corrected chi connectivity index (χ2v) is 4.34. The van der Waals surface area contributed by atoms with Crippen molar-refractivity contribution in [3.05, 3.63) is 29.3 Å². The minimum Gasteiger partial charge on any atom is -0.490 e. The van der Waals surface area contributed by atoms with E-state index in [9.17, 15) is 4.79 Å². The maximum Gasteiger partial charge on any atom is 0.254 e. The predicted molar refractivity (Wildman–Crippen MR) is 62.8 cm³/mol. The Hall–Kier alpha value is -2.02. The van der Waals surface area contributed by atoms with Crippen LogP contribution >= 0.6 is 0 Å². The third-order valence-corrected chi connectivity index (χ3v) is 2.58. The van der Waals surface area contributed by atoms with Gasteiger partial charge in [-0.05, 0) is 31.0 Å². The zero-order chi connectivity index (χ0) is 12.4. The number of amides is 1. The quantitative estimate of drug-likeness (QED) is 0.795. The summed E-state index contributed by atoms with van der Waals surface area (Å²) in [6.07, 6.45) is 2.42. The Morgan fingerprint density at radius 2 is 2.18 bits per heavy atom. The molecule has 88 valence electrons. The van der Waals surface area contributed by atoms with Gasteiger partial charge < -0.3 is 9.64 Å². The smallest absolute Gasteiger partial charge is 0.254 e. The van der Waals surface area contributed by atoms with Gasteiger partial charge in [-0.3, -0.25) is 4.79 Å². The van der Waals surface area contributed by atoms with E-state index in [0.29, 0.717) is 16.9 Å². The number of hydrogen-bond donors (Lipinski definition) is 0. The van der Waals surface area contributed by atoms with E-state index in [1.807, 2.05) is 6.07 Å². The van der Waals surface area contributed by atoms with Gasteiger partial charge in [0.25, 0.3) is 5.91 Å². The molecule has 4 nitrogen and oxygen atoms in total. The van der Waals surface area contributed by atoms with Gasteiger partial charge in [0.1, 0.15) is 5.75 Å². The molecule has 0 aromatic heterocycles. The highest BCUT2D eigenvalue weighted by Gasteiger charge is 2.24. The second-order valence-electron chi connectivity index (χ2n) is 4.34. The van der Waals surface area contributed by atoms with Crippen molar-refractivity contribution in [1.29, 1.82) is 5.26 Å². The molecule has 0 unspecified atom stereocenters. The molecule has 0 aliphatic heterocycles. The van der Waals surface area contributed by atoms with Crippen LogP contribution in [0.5, 0.6) is 5.75 Å². The predicted octanol–water partition coefficient (Wildman–Crippen LogP) is 1.80. The zero-order valence-electron chi connectivity index (χ0n) is 9.93. The van der Waals surface area contributed by atoms with Crippen LogP contribution in [0.1, 0.15) is 28.8 Å². The van der Waals surface area contributed by atoms with Crippen molar-refractivity contribution in [3.8, 4) is 11.8 Å². The molecule has 1 amide bonds. The molecule has 17 heavy (non-hydrogen) atoms. The molecule has 0 atom stereocenters. The van der Waals surface area contributed by atoms with Crippen LogP contribution in [-0.4, -0.2) is 31.0 Å². The van der Waals surface area contributed by atoms with Gasteiger partial charge in [-0.1, -0.05) is 0 Å². The van der Waals surface area contributed by atoms with Crippen LogP contribution in [0.3, 0.4) is 0 Å². The fourth-order valence-electron chi connectivity index (χ4n) is 1.49. The summed E-state index contributed by atoms with van der Waals surface area (Å²) in [5, 5.41) is 8.97. The average Bonchev–Trinajstić information content (AvgIpc) is 3.11. The Balaban J connectivity index is 2.32. The minimum absolute atomic E-state index is 0.178. The molecule has 1 aliphatic carbocycles. The van der Waals surface area contributed by atoms with E-state index in [-0.39, 0.29) is 12.0 Å². The lowest BCUT2D eigenvalue weighted by atomic mass is 10.1. The van der Waals surface area contributed by atoms with Crippen LogP contribution in [0.4, 0.5) is 0 Å². The first-order chi connectivity index (χ1) is 8.11. The van der Waals surface area contributed by atoms with Crippen molar-refractivity contribution in [2.75, 3.05) is 14.1 Å². The number of nitrogens with zero attached hydrogens (tertiary/aromatic N) is 2. The lowest BCUT2D eigenvalue weighted by Crippen LogP contribution is -2.22. The highest BCUT2D eigenvalue weighted by Crippen LogP contribution is 2.28. The van der Waals surface area contributed by atoms with Crippen LogP contribution in [0, 0.1) is 11.3 Å². The summed E-state index contributed by atoms with van der Waals surface area (Å²) in [4.78, 5) is 13.4. The minimum atomic E-state index is -0.178. The van der Waals surface area contributed by atoms with Crippen molar-refractivity contribution in [2.45, 2.75) is 18.9 Å². The fourth-order valence-corrected chi connectivity index (χ4v) is 1.49. The van der Waals surface area contributed by atoms with Crippen LogP contribution < -0.4 is 4.74 Å². The maximum absolute atomic E-state index is 11.9. The lowest BCUT2D eigenvalue weighted by molar-refractivity contribution is 0.0826. The van der Waals surface area contributed by atoms with E-state index in [4.69, 9.17) is 10.00 Å². The van der Waals surface area contributed by atoms with E-state index in [0.717, 1.165) is 12.8 Å². The van der Waals surface area contributed by atoms with E-state index >= 15 is 0 Å². The Morgan fingerprint density at radius 3 is 2.71 bits per heavy atom. The highest BCUT2D eigenvalue weighted by molar-refractivity contribution is 5.96. The first kappa shape index (κ1) is 11.5. The average molecular weight is 230 g/mol. The van der Waals surface area contributed by atoms with E-state index < -0.39 is 0 Å². The summed E-state index contributed by atoms with van der Waals surface area (Å²) in [5.74, 6) is 0.486. The van der Waals surface area contributed by atoms with Crippen molar-refractivity contribution in [1.82, 2.24) is 4.90 Å². The molecule has 1 saturated carbocycles. The van der Waals surface area contributed by atoms with Gasteiger partial charge in [-0.25, -0.2) is 0 Å². The number of benzene rings is 1. The van der Waals surface area contributed by atoms with Gasteiger partial charge in [0, 0.05) is 14.1 Å². The molecule has 0 spiro atoms. The molecule has 1 fully saturated rings. The first-order valence-electron chi connectivity index (χ1n) is 5.54. The molecule has 0 N–H and O–H groups in total.